The van der Waals surface area contributed by atoms with Gasteiger partial charge in [0.1, 0.15) is 5.75 Å². The van der Waals surface area contributed by atoms with Crippen LogP contribution in [0, 0.1) is 0 Å². The van der Waals surface area contributed by atoms with E-state index < -0.39 is 0 Å². The molecule has 1 N–H and O–H groups in total. The molecule has 5 nitrogen and oxygen atoms in total. The molecule has 2 heterocycles. The molecule has 164 valence electrons. The van der Waals surface area contributed by atoms with E-state index in [0.29, 0.717) is 30.7 Å². The second-order valence-corrected chi connectivity index (χ2v) is 9.06. The Morgan fingerprint density at radius 1 is 1.23 bits per heavy atom. The molecule has 0 aromatic heterocycles. The molecule has 0 saturated carbocycles. The SMILES string of the molecule is COc1ccccc1[C@H]1CCCN1C(=O)CC[C@@]1(Cc2ccc(Cl)cc2)CCC(=O)N1. The van der Waals surface area contributed by atoms with Gasteiger partial charge >= 0.3 is 0 Å². The lowest BCUT2D eigenvalue weighted by atomic mass is 9.85. The van der Waals surface area contributed by atoms with E-state index in [9.17, 15) is 9.59 Å². The monoisotopic (exact) mass is 440 g/mol. The lowest BCUT2D eigenvalue weighted by molar-refractivity contribution is -0.132. The summed E-state index contributed by atoms with van der Waals surface area (Å²) in [4.78, 5) is 27.3. The number of halogens is 1. The number of nitrogens with zero attached hydrogens (tertiary/aromatic N) is 1. The van der Waals surface area contributed by atoms with Gasteiger partial charge in [-0.3, -0.25) is 9.59 Å². The molecule has 6 heteroatoms. The molecule has 2 aromatic carbocycles. The molecular weight excluding hydrogens is 412 g/mol. The first-order chi connectivity index (χ1) is 15.0. The van der Waals surface area contributed by atoms with Crippen LogP contribution in [0.4, 0.5) is 0 Å². The number of benzene rings is 2. The minimum absolute atomic E-state index is 0.0500. The van der Waals surface area contributed by atoms with Crippen LogP contribution in [-0.2, 0) is 16.0 Å². The smallest absolute Gasteiger partial charge is 0.223 e. The quantitative estimate of drug-likeness (QED) is 0.679. The number of hydrogen-bond donors (Lipinski definition) is 1. The molecular formula is C25H29ClN2O3. The van der Waals surface area contributed by atoms with Crippen LogP contribution >= 0.6 is 11.6 Å². The zero-order valence-electron chi connectivity index (χ0n) is 17.9. The van der Waals surface area contributed by atoms with Crippen molar-refractivity contribution in [1.82, 2.24) is 10.2 Å². The van der Waals surface area contributed by atoms with E-state index in [2.05, 4.69) is 5.32 Å². The molecule has 0 spiro atoms. The highest BCUT2D eigenvalue weighted by atomic mass is 35.5. The van der Waals surface area contributed by atoms with E-state index >= 15 is 0 Å². The summed E-state index contributed by atoms with van der Waals surface area (Å²) in [5.41, 5.74) is 1.81. The maximum absolute atomic E-state index is 13.3. The van der Waals surface area contributed by atoms with Crippen molar-refractivity contribution >= 4 is 23.4 Å². The molecule has 2 aliphatic heterocycles. The first-order valence-electron chi connectivity index (χ1n) is 11.0. The second kappa shape index (κ2) is 9.31. The van der Waals surface area contributed by atoms with Gasteiger partial charge in [-0.05, 0) is 55.9 Å². The Labute approximate surface area is 188 Å². The summed E-state index contributed by atoms with van der Waals surface area (Å²) in [6.45, 7) is 0.762. The van der Waals surface area contributed by atoms with Gasteiger partial charge in [0.25, 0.3) is 0 Å². The van der Waals surface area contributed by atoms with Crippen molar-refractivity contribution in [1.29, 1.82) is 0 Å². The molecule has 2 aromatic rings. The van der Waals surface area contributed by atoms with Crippen LogP contribution in [0.25, 0.3) is 0 Å². The predicted octanol–water partition coefficient (Wildman–Crippen LogP) is 4.68. The lowest BCUT2D eigenvalue weighted by Gasteiger charge is -2.31. The van der Waals surface area contributed by atoms with Crippen LogP contribution in [-0.4, -0.2) is 35.9 Å². The maximum Gasteiger partial charge on any atom is 0.223 e. The Bertz CT molecular complexity index is 946. The van der Waals surface area contributed by atoms with Gasteiger partial charge in [0.15, 0.2) is 0 Å². The number of carbonyl (C=O) groups excluding carboxylic acids is 2. The van der Waals surface area contributed by atoms with Crippen molar-refractivity contribution in [2.24, 2.45) is 0 Å². The fourth-order valence-corrected chi connectivity index (χ4v) is 5.12. The van der Waals surface area contributed by atoms with Gasteiger partial charge in [0, 0.05) is 35.5 Å². The van der Waals surface area contributed by atoms with E-state index in [1.807, 2.05) is 53.4 Å². The molecule has 2 amide bonds. The van der Waals surface area contributed by atoms with Crippen molar-refractivity contribution in [3.63, 3.8) is 0 Å². The number of likely N-dealkylation sites (tertiary alicyclic amines) is 1. The van der Waals surface area contributed by atoms with E-state index in [1.54, 1.807) is 7.11 Å². The fourth-order valence-electron chi connectivity index (χ4n) is 5.00. The van der Waals surface area contributed by atoms with Crippen LogP contribution in [0.15, 0.2) is 48.5 Å². The molecule has 0 unspecified atom stereocenters. The third kappa shape index (κ3) is 4.87. The Morgan fingerprint density at radius 3 is 2.71 bits per heavy atom. The zero-order valence-corrected chi connectivity index (χ0v) is 18.7. The number of methoxy groups -OCH3 is 1. The van der Waals surface area contributed by atoms with Crippen molar-refractivity contribution in [2.75, 3.05) is 13.7 Å². The minimum atomic E-state index is -0.375. The summed E-state index contributed by atoms with van der Waals surface area (Å²) in [5, 5.41) is 3.87. The van der Waals surface area contributed by atoms with Gasteiger partial charge < -0.3 is 15.0 Å². The average molecular weight is 441 g/mol. The Morgan fingerprint density at radius 2 is 2.00 bits per heavy atom. The van der Waals surface area contributed by atoms with E-state index in [0.717, 1.165) is 42.7 Å². The predicted molar refractivity (Wildman–Crippen MR) is 121 cm³/mol. The third-order valence-electron chi connectivity index (χ3n) is 6.58. The number of ether oxygens (including phenoxy) is 1. The summed E-state index contributed by atoms with van der Waals surface area (Å²) in [7, 11) is 1.67. The van der Waals surface area contributed by atoms with Gasteiger partial charge in [-0.25, -0.2) is 0 Å². The fraction of sp³-hybridized carbons (Fsp3) is 0.440. The maximum atomic E-state index is 13.3. The number of rotatable bonds is 7. The first-order valence-corrected chi connectivity index (χ1v) is 11.4. The largest absolute Gasteiger partial charge is 0.496 e. The Balaban J connectivity index is 1.46. The van der Waals surface area contributed by atoms with E-state index in [-0.39, 0.29) is 23.4 Å². The van der Waals surface area contributed by atoms with Crippen molar-refractivity contribution in [3.05, 3.63) is 64.7 Å². The summed E-state index contributed by atoms with van der Waals surface area (Å²) in [6.07, 6.45) is 4.95. The normalized spacial score (nSPS) is 23.1. The van der Waals surface area contributed by atoms with E-state index in [1.165, 1.54) is 0 Å². The van der Waals surface area contributed by atoms with Gasteiger partial charge in [-0.1, -0.05) is 41.9 Å². The summed E-state index contributed by atoms with van der Waals surface area (Å²) < 4.78 is 5.53. The van der Waals surface area contributed by atoms with Gasteiger partial charge in [-0.15, -0.1) is 0 Å². The summed E-state index contributed by atoms with van der Waals surface area (Å²) >= 11 is 6.02. The Kier molecular flexibility index (Phi) is 6.51. The molecule has 2 saturated heterocycles. The number of para-hydroxylation sites is 1. The molecule has 0 aliphatic carbocycles. The van der Waals surface area contributed by atoms with Gasteiger partial charge in [0.2, 0.25) is 11.8 Å². The topological polar surface area (TPSA) is 58.6 Å². The highest BCUT2D eigenvalue weighted by Gasteiger charge is 2.39. The van der Waals surface area contributed by atoms with Crippen LogP contribution in [0.2, 0.25) is 5.02 Å². The zero-order chi connectivity index (χ0) is 21.8. The molecule has 0 bridgehead atoms. The van der Waals surface area contributed by atoms with Crippen LogP contribution in [0.5, 0.6) is 5.75 Å². The van der Waals surface area contributed by atoms with Crippen molar-refractivity contribution in [3.8, 4) is 5.75 Å². The molecule has 2 aliphatic rings. The van der Waals surface area contributed by atoms with Crippen LogP contribution in [0.3, 0.4) is 0 Å². The minimum Gasteiger partial charge on any atom is -0.496 e. The summed E-state index contributed by atoms with van der Waals surface area (Å²) in [6, 6.07) is 15.7. The highest BCUT2D eigenvalue weighted by molar-refractivity contribution is 6.30. The first kappa shape index (κ1) is 21.7. The lowest BCUT2D eigenvalue weighted by Crippen LogP contribution is -2.45. The average Bonchev–Trinajstić information content (AvgIpc) is 3.41. The van der Waals surface area contributed by atoms with Gasteiger partial charge in [-0.2, -0.15) is 0 Å². The van der Waals surface area contributed by atoms with E-state index in [4.69, 9.17) is 16.3 Å². The Hall–Kier alpha value is -2.53. The van der Waals surface area contributed by atoms with Crippen molar-refractivity contribution < 1.29 is 14.3 Å². The molecule has 2 atom stereocenters. The summed E-state index contributed by atoms with van der Waals surface area (Å²) in [5.74, 6) is 1.04. The van der Waals surface area contributed by atoms with Crippen molar-refractivity contribution in [2.45, 2.75) is 56.5 Å². The number of nitrogens with one attached hydrogen (secondary N) is 1. The molecule has 4 rings (SSSR count). The highest BCUT2D eigenvalue weighted by Crippen LogP contribution is 2.38. The second-order valence-electron chi connectivity index (χ2n) is 8.62. The number of amides is 2. The number of hydrogen-bond acceptors (Lipinski definition) is 3. The van der Waals surface area contributed by atoms with Gasteiger partial charge in [0.05, 0.1) is 13.2 Å². The molecule has 0 radical (unpaired) electrons. The van der Waals surface area contributed by atoms with Crippen LogP contribution < -0.4 is 10.1 Å². The standard InChI is InChI=1S/C25H29ClN2O3/c1-31-22-7-3-2-5-20(22)21-6-4-16-28(21)24(30)13-15-25(14-12-23(29)27-25)17-18-8-10-19(26)11-9-18/h2-3,5,7-11,21H,4,6,12-17H2,1H3,(H,27,29)/t21-,25-/m1/s1. The molecule has 31 heavy (non-hydrogen) atoms. The molecule has 2 fully saturated rings. The number of carbonyl (C=O) groups is 2. The van der Waals surface area contributed by atoms with Crippen LogP contribution in [0.1, 0.15) is 55.7 Å². The third-order valence-corrected chi connectivity index (χ3v) is 6.83.